The number of pyridine rings is 1. The molecule has 2 heterocycles. The van der Waals surface area contributed by atoms with Gasteiger partial charge in [-0.3, -0.25) is 4.98 Å². The molecule has 1 aromatic rings. The van der Waals surface area contributed by atoms with Gasteiger partial charge in [-0.1, -0.05) is 6.92 Å². The fourth-order valence-electron chi connectivity index (χ4n) is 1.80. The first-order valence-corrected chi connectivity index (χ1v) is 4.73. The van der Waals surface area contributed by atoms with Crippen molar-refractivity contribution < 1.29 is 0 Å². The Morgan fingerprint density at radius 2 is 2.54 bits per heavy atom. The molecule has 0 saturated carbocycles. The van der Waals surface area contributed by atoms with E-state index in [0.29, 0.717) is 6.04 Å². The predicted octanol–water partition coefficient (Wildman–Crippen LogP) is 1.72. The largest absolute Gasteiger partial charge is 0.381 e. The molecule has 0 amide bonds. The number of rotatable bonds is 1. The maximum absolute atomic E-state index is 4.14. The maximum Gasteiger partial charge on any atom is 0.0788 e. The molecule has 0 spiro atoms. The Kier molecular flexibility index (Phi) is 2.08. The quantitative estimate of drug-likeness (QED) is 0.708. The van der Waals surface area contributed by atoms with Crippen LogP contribution in [0.1, 0.15) is 13.3 Å². The molecule has 2 rings (SSSR count). The summed E-state index contributed by atoms with van der Waals surface area (Å²) in [6, 6.07) is 2.62. The van der Waals surface area contributed by atoms with E-state index in [2.05, 4.69) is 29.2 Å². The fraction of sp³-hybridized carbons (Fsp3) is 0.500. The van der Waals surface area contributed by atoms with E-state index in [9.17, 15) is 0 Å². The van der Waals surface area contributed by atoms with Crippen molar-refractivity contribution in [2.75, 3.05) is 23.8 Å². The zero-order valence-electron chi connectivity index (χ0n) is 8.12. The highest BCUT2D eigenvalue weighted by Gasteiger charge is 2.20. The minimum atomic E-state index is 0.594. The normalized spacial score (nSPS) is 20.8. The first kappa shape index (κ1) is 8.35. The van der Waals surface area contributed by atoms with Gasteiger partial charge in [0.2, 0.25) is 0 Å². The number of nitrogens with one attached hydrogen (secondary N) is 1. The molecule has 1 aliphatic rings. The molecular formula is C10H15N3. The number of hydrogen-bond acceptors (Lipinski definition) is 3. The molecule has 3 heteroatoms. The number of likely N-dealkylation sites (N-methyl/N-ethyl adjacent to an activating group) is 1. The molecule has 0 aromatic carbocycles. The Balaban J connectivity index is 2.33. The zero-order chi connectivity index (χ0) is 9.26. The molecule has 1 aliphatic heterocycles. The Labute approximate surface area is 78.8 Å². The number of aromatic nitrogens is 1. The van der Waals surface area contributed by atoms with Crippen LogP contribution in [-0.2, 0) is 0 Å². The third-order valence-corrected chi connectivity index (χ3v) is 2.73. The van der Waals surface area contributed by atoms with Gasteiger partial charge in [-0.25, -0.2) is 0 Å². The minimum Gasteiger partial charge on any atom is -0.381 e. The molecule has 3 nitrogen and oxygen atoms in total. The Bertz CT molecular complexity index is 298. The highest BCUT2D eigenvalue weighted by molar-refractivity contribution is 5.71. The van der Waals surface area contributed by atoms with Crippen LogP contribution in [0, 0.1) is 0 Å². The van der Waals surface area contributed by atoms with Crippen LogP contribution in [0.4, 0.5) is 11.4 Å². The highest BCUT2D eigenvalue weighted by Crippen LogP contribution is 2.29. The van der Waals surface area contributed by atoms with E-state index in [0.717, 1.165) is 13.0 Å². The molecule has 0 aliphatic carbocycles. The van der Waals surface area contributed by atoms with Crippen molar-refractivity contribution in [2.45, 2.75) is 19.4 Å². The van der Waals surface area contributed by atoms with Gasteiger partial charge < -0.3 is 10.2 Å². The Morgan fingerprint density at radius 3 is 3.31 bits per heavy atom. The summed E-state index contributed by atoms with van der Waals surface area (Å²) < 4.78 is 0. The van der Waals surface area contributed by atoms with Gasteiger partial charge in [0.25, 0.3) is 0 Å². The molecule has 1 unspecified atom stereocenters. The van der Waals surface area contributed by atoms with Crippen molar-refractivity contribution in [2.24, 2.45) is 0 Å². The standard InChI is InChI=1S/C10H15N3/c1-3-8-6-12-9-4-5-11-7-10(9)13(8)2/h4-5,7-8,12H,3,6H2,1-2H3. The van der Waals surface area contributed by atoms with Gasteiger partial charge in [-0.05, 0) is 12.5 Å². The zero-order valence-corrected chi connectivity index (χ0v) is 8.12. The van der Waals surface area contributed by atoms with Gasteiger partial charge >= 0.3 is 0 Å². The van der Waals surface area contributed by atoms with Crippen LogP contribution in [0.3, 0.4) is 0 Å². The summed E-state index contributed by atoms with van der Waals surface area (Å²) in [5, 5.41) is 3.41. The minimum absolute atomic E-state index is 0.594. The van der Waals surface area contributed by atoms with E-state index in [1.54, 1.807) is 0 Å². The van der Waals surface area contributed by atoms with E-state index in [1.807, 2.05) is 18.5 Å². The summed E-state index contributed by atoms with van der Waals surface area (Å²) >= 11 is 0. The molecule has 1 atom stereocenters. The molecule has 0 saturated heterocycles. The van der Waals surface area contributed by atoms with Crippen LogP contribution in [-0.4, -0.2) is 24.6 Å². The summed E-state index contributed by atoms with van der Waals surface area (Å²) in [6.07, 6.45) is 4.91. The van der Waals surface area contributed by atoms with Crippen molar-refractivity contribution in [1.82, 2.24) is 4.98 Å². The van der Waals surface area contributed by atoms with E-state index >= 15 is 0 Å². The van der Waals surface area contributed by atoms with Gasteiger partial charge in [-0.2, -0.15) is 0 Å². The third kappa shape index (κ3) is 1.34. The molecule has 0 radical (unpaired) electrons. The number of nitrogens with zero attached hydrogens (tertiary/aromatic N) is 2. The predicted molar refractivity (Wildman–Crippen MR) is 55.2 cm³/mol. The van der Waals surface area contributed by atoms with Crippen molar-refractivity contribution in [3.05, 3.63) is 18.5 Å². The number of anilines is 2. The topological polar surface area (TPSA) is 28.2 Å². The average molecular weight is 177 g/mol. The molecule has 13 heavy (non-hydrogen) atoms. The molecule has 1 aromatic heterocycles. The fourth-order valence-corrected chi connectivity index (χ4v) is 1.80. The van der Waals surface area contributed by atoms with E-state index < -0.39 is 0 Å². The van der Waals surface area contributed by atoms with E-state index in [1.165, 1.54) is 11.4 Å². The van der Waals surface area contributed by atoms with Crippen LogP contribution in [0.5, 0.6) is 0 Å². The lowest BCUT2D eigenvalue weighted by molar-refractivity contribution is 0.621. The average Bonchev–Trinajstić information content (AvgIpc) is 2.19. The smallest absolute Gasteiger partial charge is 0.0788 e. The lowest BCUT2D eigenvalue weighted by Gasteiger charge is -2.35. The molecule has 0 fully saturated rings. The first-order valence-electron chi connectivity index (χ1n) is 4.73. The van der Waals surface area contributed by atoms with Gasteiger partial charge in [-0.15, -0.1) is 0 Å². The molecule has 1 N–H and O–H groups in total. The van der Waals surface area contributed by atoms with Crippen LogP contribution < -0.4 is 10.2 Å². The second-order valence-corrected chi connectivity index (χ2v) is 3.45. The lowest BCUT2D eigenvalue weighted by Crippen LogP contribution is -2.40. The molecular weight excluding hydrogens is 162 g/mol. The van der Waals surface area contributed by atoms with E-state index in [4.69, 9.17) is 0 Å². The van der Waals surface area contributed by atoms with Crippen LogP contribution >= 0.6 is 0 Å². The van der Waals surface area contributed by atoms with Gasteiger partial charge in [0.1, 0.15) is 0 Å². The second kappa shape index (κ2) is 3.24. The summed E-state index contributed by atoms with van der Waals surface area (Å²) in [4.78, 5) is 6.44. The lowest BCUT2D eigenvalue weighted by atomic mass is 10.1. The van der Waals surface area contributed by atoms with Gasteiger partial charge in [0.15, 0.2) is 0 Å². The van der Waals surface area contributed by atoms with Gasteiger partial charge in [0, 0.05) is 25.8 Å². The summed E-state index contributed by atoms with van der Waals surface area (Å²) in [5.74, 6) is 0. The second-order valence-electron chi connectivity index (χ2n) is 3.45. The first-order chi connectivity index (χ1) is 6.33. The van der Waals surface area contributed by atoms with Crippen molar-refractivity contribution in [3.8, 4) is 0 Å². The van der Waals surface area contributed by atoms with Gasteiger partial charge in [0.05, 0.1) is 17.6 Å². The Hall–Kier alpha value is -1.25. The molecule has 0 bridgehead atoms. The molecule has 70 valence electrons. The highest BCUT2D eigenvalue weighted by atomic mass is 15.2. The summed E-state index contributed by atoms with van der Waals surface area (Å²) in [6.45, 7) is 3.24. The van der Waals surface area contributed by atoms with Crippen LogP contribution in [0.15, 0.2) is 18.5 Å². The van der Waals surface area contributed by atoms with Crippen LogP contribution in [0.2, 0.25) is 0 Å². The Morgan fingerprint density at radius 1 is 1.69 bits per heavy atom. The summed E-state index contributed by atoms with van der Waals surface area (Å²) in [5.41, 5.74) is 2.41. The number of hydrogen-bond donors (Lipinski definition) is 1. The van der Waals surface area contributed by atoms with Crippen molar-refractivity contribution >= 4 is 11.4 Å². The third-order valence-electron chi connectivity index (χ3n) is 2.73. The van der Waals surface area contributed by atoms with Crippen molar-refractivity contribution in [3.63, 3.8) is 0 Å². The summed E-state index contributed by atoms with van der Waals surface area (Å²) in [7, 11) is 2.13. The SMILES string of the molecule is CCC1CNc2ccncc2N1C. The van der Waals surface area contributed by atoms with E-state index in [-0.39, 0.29) is 0 Å². The maximum atomic E-state index is 4.14. The number of fused-ring (bicyclic) bond motifs is 1. The van der Waals surface area contributed by atoms with Crippen LogP contribution in [0.25, 0.3) is 0 Å². The van der Waals surface area contributed by atoms with Crippen molar-refractivity contribution in [1.29, 1.82) is 0 Å². The monoisotopic (exact) mass is 177 g/mol.